The van der Waals surface area contributed by atoms with Crippen LogP contribution < -0.4 is 11.1 Å². The van der Waals surface area contributed by atoms with Gasteiger partial charge < -0.3 is 20.9 Å². The minimum Gasteiger partial charge on any atom is -0.465 e. The van der Waals surface area contributed by atoms with E-state index in [4.69, 9.17) is 17.3 Å². The van der Waals surface area contributed by atoms with E-state index < -0.39 is 12.1 Å². The van der Waals surface area contributed by atoms with Gasteiger partial charge in [-0.25, -0.2) is 4.79 Å². The number of rotatable bonds is 5. The summed E-state index contributed by atoms with van der Waals surface area (Å²) in [6, 6.07) is 4.72. The molecule has 94 valence electrons. The number of carbonyl (C=O) groups is 1. The Morgan fingerprint density at radius 3 is 2.94 bits per heavy atom. The molecule has 0 fully saturated rings. The molecule has 4 N–H and O–H groups in total. The molecule has 0 saturated carbocycles. The van der Waals surface area contributed by atoms with Gasteiger partial charge in [0.2, 0.25) is 0 Å². The first-order valence-corrected chi connectivity index (χ1v) is 5.46. The standard InChI is InChI=1S/C11H15ClN2O3/c1-17-11(16)7-2-3-9(12)10(4-7)14-6-8(15)5-13/h2-4,8,14-15H,5-6,13H2,1H3. The summed E-state index contributed by atoms with van der Waals surface area (Å²) in [4.78, 5) is 11.3. The summed E-state index contributed by atoms with van der Waals surface area (Å²) in [7, 11) is 1.31. The van der Waals surface area contributed by atoms with Gasteiger partial charge in [-0.2, -0.15) is 0 Å². The van der Waals surface area contributed by atoms with Gasteiger partial charge in [-0.15, -0.1) is 0 Å². The molecule has 0 aliphatic rings. The molecule has 17 heavy (non-hydrogen) atoms. The second kappa shape index (κ2) is 6.44. The van der Waals surface area contributed by atoms with E-state index in [1.54, 1.807) is 18.2 Å². The van der Waals surface area contributed by atoms with Gasteiger partial charge in [0.1, 0.15) is 0 Å². The third kappa shape index (κ3) is 3.89. The molecule has 5 nitrogen and oxygen atoms in total. The highest BCUT2D eigenvalue weighted by molar-refractivity contribution is 6.33. The van der Waals surface area contributed by atoms with Crippen LogP contribution in [0, 0.1) is 0 Å². The number of hydrogen-bond acceptors (Lipinski definition) is 5. The molecule has 0 heterocycles. The molecule has 0 amide bonds. The van der Waals surface area contributed by atoms with Crippen LogP contribution in [0.3, 0.4) is 0 Å². The third-order valence-corrected chi connectivity index (χ3v) is 2.52. The van der Waals surface area contributed by atoms with Gasteiger partial charge >= 0.3 is 5.97 Å². The highest BCUT2D eigenvalue weighted by Gasteiger charge is 2.09. The van der Waals surface area contributed by atoms with Gasteiger partial charge in [0.25, 0.3) is 0 Å². The van der Waals surface area contributed by atoms with E-state index in [0.717, 1.165) is 0 Å². The zero-order valence-corrected chi connectivity index (χ0v) is 10.2. The van der Waals surface area contributed by atoms with Crippen molar-refractivity contribution in [3.8, 4) is 0 Å². The van der Waals surface area contributed by atoms with Crippen LogP contribution in [0.4, 0.5) is 5.69 Å². The fourth-order valence-electron chi connectivity index (χ4n) is 1.22. The van der Waals surface area contributed by atoms with Gasteiger partial charge in [-0.1, -0.05) is 11.6 Å². The zero-order valence-electron chi connectivity index (χ0n) is 9.44. The molecule has 1 atom stereocenters. The fourth-order valence-corrected chi connectivity index (χ4v) is 1.40. The average Bonchev–Trinajstić information content (AvgIpc) is 2.36. The maximum atomic E-state index is 11.3. The number of benzene rings is 1. The van der Waals surface area contributed by atoms with E-state index in [0.29, 0.717) is 16.3 Å². The van der Waals surface area contributed by atoms with Crippen LogP contribution in [-0.4, -0.2) is 37.4 Å². The van der Waals surface area contributed by atoms with Crippen molar-refractivity contribution in [2.45, 2.75) is 6.10 Å². The highest BCUT2D eigenvalue weighted by Crippen LogP contribution is 2.23. The zero-order chi connectivity index (χ0) is 12.8. The first kappa shape index (κ1) is 13.8. The number of halogens is 1. The Bertz CT molecular complexity index is 398. The predicted octanol–water partition coefficient (Wildman–Crippen LogP) is 0.858. The lowest BCUT2D eigenvalue weighted by molar-refractivity contribution is 0.0601. The topological polar surface area (TPSA) is 84.6 Å². The number of aliphatic hydroxyl groups is 1. The predicted molar refractivity (Wildman–Crippen MR) is 66.3 cm³/mol. The van der Waals surface area contributed by atoms with Crippen LogP contribution in [0.25, 0.3) is 0 Å². The number of esters is 1. The summed E-state index contributed by atoms with van der Waals surface area (Å²) in [6.45, 7) is 0.419. The van der Waals surface area contributed by atoms with Gasteiger partial charge in [0, 0.05) is 13.1 Å². The molecule has 1 unspecified atom stereocenters. The summed E-state index contributed by atoms with van der Waals surface area (Å²) in [6.07, 6.45) is -0.659. The second-order valence-electron chi connectivity index (χ2n) is 3.46. The van der Waals surface area contributed by atoms with Crippen molar-refractivity contribution in [1.29, 1.82) is 0 Å². The minimum absolute atomic E-state index is 0.154. The third-order valence-electron chi connectivity index (χ3n) is 2.19. The van der Waals surface area contributed by atoms with Crippen molar-refractivity contribution >= 4 is 23.3 Å². The quantitative estimate of drug-likeness (QED) is 0.682. The van der Waals surface area contributed by atoms with Crippen LogP contribution >= 0.6 is 11.6 Å². The summed E-state index contributed by atoms with van der Waals surface area (Å²) in [5.74, 6) is -0.441. The Morgan fingerprint density at radius 1 is 1.65 bits per heavy atom. The van der Waals surface area contributed by atoms with Crippen molar-refractivity contribution in [3.05, 3.63) is 28.8 Å². The lowest BCUT2D eigenvalue weighted by Crippen LogP contribution is -2.27. The number of anilines is 1. The van der Waals surface area contributed by atoms with Crippen LogP contribution in [0.1, 0.15) is 10.4 Å². The number of aliphatic hydroxyl groups excluding tert-OH is 1. The molecule has 6 heteroatoms. The van der Waals surface area contributed by atoms with Crippen molar-refractivity contribution in [3.63, 3.8) is 0 Å². The molecule has 0 aliphatic heterocycles. The van der Waals surface area contributed by atoms with Gasteiger partial charge in [-0.05, 0) is 18.2 Å². The van der Waals surface area contributed by atoms with E-state index in [1.807, 2.05) is 0 Å². The maximum Gasteiger partial charge on any atom is 0.337 e. The molecule has 0 aliphatic carbocycles. The molecular weight excluding hydrogens is 244 g/mol. The molecule has 1 aromatic carbocycles. The number of hydrogen-bond donors (Lipinski definition) is 3. The SMILES string of the molecule is COC(=O)c1ccc(Cl)c(NCC(O)CN)c1. The molecule has 0 bridgehead atoms. The van der Waals surface area contributed by atoms with Crippen LogP contribution in [0.2, 0.25) is 5.02 Å². The fraction of sp³-hybridized carbons (Fsp3) is 0.364. The maximum absolute atomic E-state index is 11.3. The van der Waals surface area contributed by atoms with E-state index in [-0.39, 0.29) is 13.1 Å². The normalized spacial score (nSPS) is 12.0. The van der Waals surface area contributed by atoms with Gasteiger partial charge in [0.05, 0.1) is 29.5 Å². The number of nitrogens with one attached hydrogen (secondary N) is 1. The number of nitrogens with two attached hydrogens (primary N) is 1. The van der Waals surface area contributed by atoms with Crippen molar-refractivity contribution in [1.82, 2.24) is 0 Å². The first-order chi connectivity index (χ1) is 8.08. The van der Waals surface area contributed by atoms with Gasteiger partial charge in [-0.3, -0.25) is 0 Å². The van der Waals surface area contributed by atoms with Gasteiger partial charge in [0.15, 0.2) is 0 Å². The summed E-state index contributed by atoms with van der Waals surface area (Å²) < 4.78 is 4.60. The summed E-state index contributed by atoms with van der Waals surface area (Å²) in [5.41, 5.74) is 6.22. The number of methoxy groups -OCH3 is 1. The average molecular weight is 259 g/mol. The van der Waals surface area contributed by atoms with Crippen molar-refractivity contribution in [2.24, 2.45) is 5.73 Å². The molecule has 0 saturated heterocycles. The minimum atomic E-state index is -0.659. The Balaban J connectivity index is 2.80. The van der Waals surface area contributed by atoms with E-state index >= 15 is 0 Å². The lowest BCUT2D eigenvalue weighted by atomic mass is 10.2. The molecule has 1 rings (SSSR count). The Kier molecular flexibility index (Phi) is 5.21. The summed E-state index contributed by atoms with van der Waals surface area (Å²) in [5, 5.41) is 12.7. The summed E-state index contributed by atoms with van der Waals surface area (Å²) >= 11 is 5.94. The van der Waals surface area contributed by atoms with E-state index in [1.165, 1.54) is 7.11 Å². The number of ether oxygens (including phenoxy) is 1. The highest BCUT2D eigenvalue weighted by atomic mass is 35.5. The monoisotopic (exact) mass is 258 g/mol. The Labute approximate surface area is 105 Å². The second-order valence-corrected chi connectivity index (χ2v) is 3.86. The molecule has 0 aromatic heterocycles. The largest absolute Gasteiger partial charge is 0.465 e. The molecule has 0 radical (unpaired) electrons. The van der Waals surface area contributed by atoms with Crippen molar-refractivity contribution in [2.75, 3.05) is 25.5 Å². The van der Waals surface area contributed by atoms with E-state index in [2.05, 4.69) is 10.1 Å². The van der Waals surface area contributed by atoms with Crippen LogP contribution in [0.5, 0.6) is 0 Å². The molecule has 1 aromatic rings. The lowest BCUT2D eigenvalue weighted by Gasteiger charge is -2.12. The molecule has 0 spiro atoms. The number of carbonyl (C=O) groups excluding carboxylic acids is 1. The first-order valence-electron chi connectivity index (χ1n) is 5.08. The molecular formula is C11H15ClN2O3. The Hall–Kier alpha value is -1.30. The van der Waals surface area contributed by atoms with Crippen LogP contribution in [0.15, 0.2) is 18.2 Å². The van der Waals surface area contributed by atoms with E-state index in [9.17, 15) is 9.90 Å². The Morgan fingerprint density at radius 2 is 2.35 bits per heavy atom. The smallest absolute Gasteiger partial charge is 0.337 e. The van der Waals surface area contributed by atoms with Crippen molar-refractivity contribution < 1.29 is 14.6 Å². The van der Waals surface area contributed by atoms with Crippen LogP contribution in [-0.2, 0) is 4.74 Å².